The van der Waals surface area contributed by atoms with Gasteiger partial charge in [0.25, 0.3) is 0 Å². The number of rotatable bonds is 5. The number of carbonyl (C=O) groups is 1. The molecule has 0 fully saturated rings. The Kier molecular flexibility index (Phi) is 3.69. The van der Waals surface area contributed by atoms with Gasteiger partial charge in [-0.15, -0.1) is 0 Å². The van der Waals surface area contributed by atoms with E-state index in [1.165, 1.54) is 12.1 Å². The first kappa shape index (κ1) is 12.3. The lowest BCUT2D eigenvalue weighted by Gasteiger charge is -2.03. The van der Waals surface area contributed by atoms with Crippen LogP contribution in [0, 0.1) is 5.82 Å². The van der Waals surface area contributed by atoms with Crippen molar-refractivity contribution in [1.29, 1.82) is 0 Å². The van der Waals surface area contributed by atoms with E-state index in [1.807, 2.05) is 0 Å². The quantitative estimate of drug-likeness (QED) is 0.848. The maximum Gasteiger partial charge on any atom is 0.329 e. The highest BCUT2D eigenvalue weighted by Gasteiger charge is 2.08. The minimum Gasteiger partial charge on any atom is -0.480 e. The lowest BCUT2D eigenvalue weighted by atomic mass is 10.1. The Morgan fingerprint density at radius 3 is 2.78 bits per heavy atom. The fourth-order valence-corrected chi connectivity index (χ4v) is 1.54. The number of aromatic amines is 1. The van der Waals surface area contributed by atoms with Crippen LogP contribution in [0.3, 0.4) is 0 Å². The summed E-state index contributed by atoms with van der Waals surface area (Å²) in [6, 6.07) is 5.92. The van der Waals surface area contributed by atoms with Gasteiger partial charge >= 0.3 is 5.97 Å². The SMILES string of the molecule is O=C(O)COCc1cn[nH]c1-c1ccc(F)cc1. The van der Waals surface area contributed by atoms with E-state index in [1.54, 1.807) is 18.3 Å². The van der Waals surface area contributed by atoms with Gasteiger partial charge in [-0.1, -0.05) is 0 Å². The largest absolute Gasteiger partial charge is 0.480 e. The van der Waals surface area contributed by atoms with Crippen LogP contribution in [0.4, 0.5) is 4.39 Å². The minimum absolute atomic E-state index is 0.134. The van der Waals surface area contributed by atoms with Crippen LogP contribution >= 0.6 is 0 Å². The molecule has 1 aromatic carbocycles. The number of hydrogen-bond donors (Lipinski definition) is 2. The summed E-state index contributed by atoms with van der Waals surface area (Å²) in [6.45, 7) is -0.233. The van der Waals surface area contributed by atoms with Crippen molar-refractivity contribution in [2.75, 3.05) is 6.61 Å². The second-order valence-electron chi connectivity index (χ2n) is 3.66. The van der Waals surface area contributed by atoms with E-state index in [0.717, 1.165) is 11.1 Å². The molecular weight excluding hydrogens is 239 g/mol. The molecule has 0 aliphatic carbocycles. The molecule has 0 bridgehead atoms. The Morgan fingerprint density at radius 2 is 2.11 bits per heavy atom. The highest BCUT2D eigenvalue weighted by molar-refractivity contribution is 5.68. The van der Waals surface area contributed by atoms with Crippen molar-refractivity contribution in [3.05, 3.63) is 41.8 Å². The van der Waals surface area contributed by atoms with Gasteiger partial charge in [0.2, 0.25) is 0 Å². The van der Waals surface area contributed by atoms with E-state index >= 15 is 0 Å². The number of aliphatic carboxylic acids is 1. The molecule has 2 aromatic rings. The number of hydrogen-bond acceptors (Lipinski definition) is 3. The lowest BCUT2D eigenvalue weighted by molar-refractivity contribution is -0.142. The molecule has 5 nitrogen and oxygen atoms in total. The molecule has 0 aliphatic heterocycles. The Morgan fingerprint density at radius 1 is 1.39 bits per heavy atom. The number of benzene rings is 1. The van der Waals surface area contributed by atoms with E-state index in [-0.39, 0.29) is 19.0 Å². The topological polar surface area (TPSA) is 75.2 Å². The van der Waals surface area contributed by atoms with Crippen LogP contribution in [-0.4, -0.2) is 27.9 Å². The average molecular weight is 250 g/mol. The van der Waals surface area contributed by atoms with Crippen LogP contribution in [0.1, 0.15) is 5.56 Å². The number of carboxylic acids is 1. The summed E-state index contributed by atoms with van der Waals surface area (Å²) in [4.78, 5) is 10.3. The summed E-state index contributed by atoms with van der Waals surface area (Å²) < 4.78 is 17.8. The van der Waals surface area contributed by atoms with Crippen LogP contribution in [0.2, 0.25) is 0 Å². The van der Waals surface area contributed by atoms with Gasteiger partial charge < -0.3 is 9.84 Å². The zero-order chi connectivity index (χ0) is 13.0. The number of halogens is 1. The van der Waals surface area contributed by atoms with Gasteiger partial charge in [-0.3, -0.25) is 5.10 Å². The molecular formula is C12H11FN2O3. The molecule has 18 heavy (non-hydrogen) atoms. The predicted molar refractivity (Wildman–Crippen MR) is 61.3 cm³/mol. The van der Waals surface area contributed by atoms with Gasteiger partial charge in [-0.05, 0) is 24.3 Å². The third-order valence-corrected chi connectivity index (χ3v) is 2.33. The molecule has 0 saturated carbocycles. The van der Waals surface area contributed by atoms with Crippen molar-refractivity contribution >= 4 is 5.97 Å². The minimum atomic E-state index is -1.03. The van der Waals surface area contributed by atoms with Crippen LogP contribution in [0.25, 0.3) is 11.3 Å². The van der Waals surface area contributed by atoms with E-state index in [9.17, 15) is 9.18 Å². The van der Waals surface area contributed by atoms with Crippen molar-refractivity contribution in [3.63, 3.8) is 0 Å². The molecule has 0 aliphatic rings. The zero-order valence-corrected chi connectivity index (χ0v) is 9.39. The van der Waals surface area contributed by atoms with Crippen molar-refractivity contribution in [2.45, 2.75) is 6.61 Å². The summed E-state index contributed by atoms with van der Waals surface area (Å²) in [5.41, 5.74) is 2.19. The van der Waals surface area contributed by atoms with Crippen LogP contribution < -0.4 is 0 Å². The zero-order valence-electron chi connectivity index (χ0n) is 9.39. The Labute approximate surface area is 102 Å². The van der Waals surface area contributed by atoms with Gasteiger partial charge in [0, 0.05) is 11.1 Å². The van der Waals surface area contributed by atoms with E-state index in [2.05, 4.69) is 10.2 Å². The molecule has 2 N–H and O–H groups in total. The fraction of sp³-hybridized carbons (Fsp3) is 0.167. The molecule has 2 rings (SSSR count). The molecule has 1 aromatic heterocycles. The number of H-pyrrole nitrogens is 1. The molecule has 6 heteroatoms. The second-order valence-corrected chi connectivity index (χ2v) is 3.66. The van der Waals surface area contributed by atoms with Gasteiger partial charge in [-0.2, -0.15) is 5.10 Å². The number of ether oxygens (including phenoxy) is 1. The molecule has 0 spiro atoms. The Balaban J connectivity index is 2.12. The summed E-state index contributed by atoms with van der Waals surface area (Å²) >= 11 is 0. The summed E-state index contributed by atoms with van der Waals surface area (Å²) in [5.74, 6) is -1.34. The normalized spacial score (nSPS) is 10.5. The third-order valence-electron chi connectivity index (χ3n) is 2.33. The first-order valence-corrected chi connectivity index (χ1v) is 5.24. The monoisotopic (exact) mass is 250 g/mol. The van der Waals surface area contributed by atoms with Crippen molar-refractivity contribution < 1.29 is 19.0 Å². The number of aromatic nitrogens is 2. The molecule has 0 atom stereocenters. The van der Waals surface area contributed by atoms with Gasteiger partial charge in [0.1, 0.15) is 12.4 Å². The second kappa shape index (κ2) is 5.42. The maximum absolute atomic E-state index is 12.8. The summed E-state index contributed by atoms with van der Waals surface area (Å²) in [5, 5.41) is 15.1. The molecule has 0 saturated heterocycles. The highest BCUT2D eigenvalue weighted by Crippen LogP contribution is 2.21. The maximum atomic E-state index is 12.8. The summed E-state index contributed by atoms with van der Waals surface area (Å²) in [6.07, 6.45) is 1.56. The van der Waals surface area contributed by atoms with E-state index in [4.69, 9.17) is 9.84 Å². The van der Waals surface area contributed by atoms with Crippen molar-refractivity contribution in [3.8, 4) is 11.3 Å². The van der Waals surface area contributed by atoms with Crippen LogP contribution in [0.5, 0.6) is 0 Å². The average Bonchev–Trinajstić information content (AvgIpc) is 2.78. The van der Waals surface area contributed by atoms with E-state index < -0.39 is 5.97 Å². The van der Waals surface area contributed by atoms with Gasteiger partial charge in [0.15, 0.2) is 0 Å². The Hall–Kier alpha value is -2.21. The highest BCUT2D eigenvalue weighted by atomic mass is 19.1. The van der Waals surface area contributed by atoms with E-state index in [0.29, 0.717) is 5.69 Å². The lowest BCUT2D eigenvalue weighted by Crippen LogP contribution is -2.06. The number of nitrogens with zero attached hydrogens (tertiary/aromatic N) is 1. The summed E-state index contributed by atoms with van der Waals surface area (Å²) in [7, 11) is 0. The fourth-order valence-electron chi connectivity index (χ4n) is 1.54. The Bertz CT molecular complexity index is 537. The molecule has 0 unspecified atom stereocenters. The predicted octanol–water partition coefficient (Wildman–Crippen LogP) is 1.82. The standard InChI is InChI=1S/C12H11FN2O3/c13-10-3-1-8(2-4-10)12-9(5-14-15-12)6-18-7-11(16)17/h1-5H,6-7H2,(H,14,15)(H,16,17). The van der Waals surface area contributed by atoms with Gasteiger partial charge in [-0.25, -0.2) is 9.18 Å². The van der Waals surface area contributed by atoms with Crippen LogP contribution in [-0.2, 0) is 16.1 Å². The molecule has 94 valence electrons. The third kappa shape index (κ3) is 2.92. The number of nitrogens with one attached hydrogen (secondary N) is 1. The molecule has 0 amide bonds. The first-order valence-electron chi connectivity index (χ1n) is 5.24. The van der Waals surface area contributed by atoms with Crippen molar-refractivity contribution in [2.24, 2.45) is 0 Å². The van der Waals surface area contributed by atoms with Gasteiger partial charge in [0.05, 0.1) is 18.5 Å². The molecule has 0 radical (unpaired) electrons. The van der Waals surface area contributed by atoms with Crippen molar-refractivity contribution in [1.82, 2.24) is 10.2 Å². The smallest absolute Gasteiger partial charge is 0.329 e. The first-order chi connectivity index (χ1) is 8.66. The molecule has 1 heterocycles. The number of carboxylic acid groups (broad SMARTS) is 1. The van der Waals surface area contributed by atoms with Crippen LogP contribution in [0.15, 0.2) is 30.5 Å².